The molecule has 2 heterocycles. The second kappa shape index (κ2) is 14.7. The fourth-order valence-corrected chi connectivity index (χ4v) is 10.3. The summed E-state index contributed by atoms with van der Waals surface area (Å²) >= 11 is 0. The van der Waals surface area contributed by atoms with Gasteiger partial charge in [0.25, 0.3) is 0 Å². The van der Waals surface area contributed by atoms with E-state index >= 15 is 0 Å². The van der Waals surface area contributed by atoms with Crippen LogP contribution in [0.4, 0.5) is 17.1 Å². The summed E-state index contributed by atoms with van der Waals surface area (Å²) in [5.41, 5.74) is 15.3. The van der Waals surface area contributed by atoms with Crippen LogP contribution in [0.2, 0.25) is 0 Å². The highest BCUT2D eigenvalue weighted by molar-refractivity contribution is 6.13. The molecule has 1 aliphatic carbocycles. The summed E-state index contributed by atoms with van der Waals surface area (Å²) in [5.74, 6) is 0.566. The normalized spacial score (nSPS) is 13.5. The van der Waals surface area contributed by atoms with Gasteiger partial charge in [-0.05, 0) is 94.3 Å². The largest absolute Gasteiger partial charge is 0.456 e. The molecule has 0 saturated heterocycles. The van der Waals surface area contributed by atoms with Gasteiger partial charge in [0.15, 0.2) is 0 Å². The van der Waals surface area contributed by atoms with Gasteiger partial charge in [-0.2, -0.15) is 0 Å². The Hall–Kier alpha value is -7.36. The molecule has 0 bridgehead atoms. The van der Waals surface area contributed by atoms with E-state index in [1.165, 1.54) is 59.6 Å². The van der Waals surface area contributed by atoms with Crippen LogP contribution in [0.5, 0.6) is 0 Å². The zero-order valence-corrected chi connectivity index (χ0v) is 33.9. The van der Waals surface area contributed by atoms with E-state index in [0.717, 1.165) is 83.2 Å². The first kappa shape index (κ1) is 35.6. The first-order chi connectivity index (χ1) is 30.3. The molecule has 9 aromatic carbocycles. The van der Waals surface area contributed by atoms with Crippen molar-refractivity contribution in [1.29, 1.82) is 0 Å². The Bertz CT molecular complexity index is 3410. The van der Waals surface area contributed by atoms with E-state index in [-0.39, 0.29) is 0 Å². The van der Waals surface area contributed by atoms with Gasteiger partial charge in [0, 0.05) is 43.9 Å². The zero-order chi connectivity index (χ0) is 40.3. The van der Waals surface area contributed by atoms with Gasteiger partial charge in [-0.25, -0.2) is 0 Å². The smallest absolute Gasteiger partial charge is 0.143 e. The summed E-state index contributed by atoms with van der Waals surface area (Å²) < 4.78 is 13.0. The van der Waals surface area contributed by atoms with Gasteiger partial charge in [-0.3, -0.25) is 0 Å². The lowest BCUT2D eigenvalue weighted by Gasteiger charge is -2.31. The molecule has 292 valence electrons. The summed E-state index contributed by atoms with van der Waals surface area (Å²) in [6, 6.07) is 70.3. The molecule has 1 fully saturated rings. The van der Waals surface area contributed by atoms with Gasteiger partial charge in [-0.15, -0.1) is 0 Å². The summed E-state index contributed by atoms with van der Waals surface area (Å²) in [5, 5.41) is 7.18. The predicted molar refractivity (Wildman–Crippen MR) is 255 cm³/mol. The van der Waals surface area contributed by atoms with Crippen molar-refractivity contribution >= 4 is 71.7 Å². The van der Waals surface area contributed by atoms with Crippen molar-refractivity contribution in [3.63, 3.8) is 0 Å². The van der Waals surface area contributed by atoms with Crippen LogP contribution in [-0.2, 0) is 0 Å². The van der Waals surface area contributed by atoms with E-state index in [9.17, 15) is 0 Å². The van der Waals surface area contributed by atoms with E-state index in [4.69, 9.17) is 8.83 Å². The Morgan fingerprint density at radius 3 is 1.72 bits per heavy atom. The SMILES string of the molecule is c1ccc(N(c2ccc(-c3cccc4oc5ccccc5c34)cc2)c2ccccc2-c2cccc3cccc(C4CCCCC4)c23)c(-c2cccc3c2oc2ccccc23)c1. The molecule has 0 atom stereocenters. The molecule has 0 N–H and O–H groups in total. The Morgan fingerprint density at radius 2 is 0.934 bits per heavy atom. The quantitative estimate of drug-likeness (QED) is 0.161. The molecular formula is C58H43NO2. The highest BCUT2D eigenvalue weighted by atomic mass is 16.3. The van der Waals surface area contributed by atoms with Crippen molar-refractivity contribution in [3.05, 3.63) is 200 Å². The van der Waals surface area contributed by atoms with Gasteiger partial charge in [-0.1, -0.05) is 171 Å². The average Bonchev–Trinajstić information content (AvgIpc) is 3.91. The van der Waals surface area contributed by atoms with E-state index in [2.05, 4.69) is 187 Å². The van der Waals surface area contributed by atoms with Crippen molar-refractivity contribution in [3.8, 4) is 33.4 Å². The second-order valence-corrected chi connectivity index (χ2v) is 16.6. The molecule has 0 spiro atoms. The summed E-state index contributed by atoms with van der Waals surface area (Å²) in [6.07, 6.45) is 6.42. The maximum absolute atomic E-state index is 6.69. The lowest BCUT2D eigenvalue weighted by atomic mass is 9.80. The number of nitrogens with zero attached hydrogens (tertiary/aromatic N) is 1. The third-order valence-corrected chi connectivity index (χ3v) is 13.1. The van der Waals surface area contributed by atoms with Gasteiger partial charge < -0.3 is 13.7 Å². The van der Waals surface area contributed by atoms with Crippen molar-refractivity contribution in [1.82, 2.24) is 0 Å². The van der Waals surface area contributed by atoms with Gasteiger partial charge in [0.2, 0.25) is 0 Å². The Morgan fingerprint density at radius 1 is 0.377 bits per heavy atom. The predicted octanol–water partition coefficient (Wildman–Crippen LogP) is 17.2. The van der Waals surface area contributed by atoms with Crippen molar-refractivity contribution in [2.45, 2.75) is 38.0 Å². The summed E-state index contributed by atoms with van der Waals surface area (Å²) in [6.45, 7) is 0. The molecule has 3 heteroatoms. The van der Waals surface area contributed by atoms with E-state index in [0.29, 0.717) is 5.92 Å². The number of rotatable bonds is 7. The molecule has 3 nitrogen and oxygen atoms in total. The highest BCUT2D eigenvalue weighted by Gasteiger charge is 2.25. The molecule has 61 heavy (non-hydrogen) atoms. The van der Waals surface area contributed by atoms with Crippen LogP contribution in [0.3, 0.4) is 0 Å². The number of hydrogen-bond donors (Lipinski definition) is 0. The van der Waals surface area contributed by atoms with Crippen LogP contribution in [0.1, 0.15) is 43.6 Å². The minimum Gasteiger partial charge on any atom is -0.456 e. The van der Waals surface area contributed by atoms with Crippen LogP contribution >= 0.6 is 0 Å². The standard InChI is InChI=1S/C58H43NO2/c1-2-16-38(17-3-1)42-24-12-18-40-19-13-26-47(56(40)42)44-20-4-8-29-51(44)59(41-36-34-39(35-37-41)43-25-15-33-55-57(43)50-23-7-11-32-54(50)60-55)52-30-9-5-21-45(52)48-27-14-28-49-46-22-6-10-31-53(46)61-58(48)49/h4-15,18-38H,1-3,16-17H2. The molecule has 2 aromatic heterocycles. The monoisotopic (exact) mass is 785 g/mol. The molecule has 0 amide bonds. The van der Waals surface area contributed by atoms with Crippen molar-refractivity contribution in [2.75, 3.05) is 4.90 Å². The Kier molecular flexibility index (Phi) is 8.59. The Labute approximate surface area is 355 Å². The third-order valence-electron chi connectivity index (χ3n) is 13.1. The Balaban J connectivity index is 1.09. The van der Waals surface area contributed by atoms with Crippen LogP contribution in [0.25, 0.3) is 88.0 Å². The first-order valence-electron chi connectivity index (χ1n) is 21.7. The number of hydrogen-bond acceptors (Lipinski definition) is 3. The number of fused-ring (bicyclic) bond motifs is 7. The molecule has 12 rings (SSSR count). The molecular weight excluding hydrogens is 743 g/mol. The zero-order valence-electron chi connectivity index (χ0n) is 33.9. The number of benzene rings is 9. The lowest BCUT2D eigenvalue weighted by molar-refractivity contribution is 0.445. The van der Waals surface area contributed by atoms with Gasteiger partial charge in [0.05, 0.1) is 11.4 Å². The van der Waals surface area contributed by atoms with Gasteiger partial charge in [0.1, 0.15) is 22.3 Å². The minimum atomic E-state index is 0.566. The van der Waals surface area contributed by atoms with E-state index in [1.807, 2.05) is 12.1 Å². The average molecular weight is 786 g/mol. The summed E-state index contributed by atoms with van der Waals surface area (Å²) in [4.78, 5) is 2.46. The van der Waals surface area contributed by atoms with Crippen molar-refractivity contribution in [2.24, 2.45) is 0 Å². The van der Waals surface area contributed by atoms with Crippen molar-refractivity contribution < 1.29 is 8.83 Å². The first-order valence-corrected chi connectivity index (χ1v) is 21.7. The third kappa shape index (κ3) is 5.95. The van der Waals surface area contributed by atoms with Crippen LogP contribution in [-0.4, -0.2) is 0 Å². The molecule has 1 saturated carbocycles. The molecule has 0 aliphatic heterocycles. The maximum atomic E-state index is 6.69. The van der Waals surface area contributed by atoms with E-state index in [1.54, 1.807) is 0 Å². The molecule has 1 aliphatic rings. The minimum absolute atomic E-state index is 0.566. The molecule has 0 unspecified atom stereocenters. The van der Waals surface area contributed by atoms with Crippen LogP contribution < -0.4 is 4.90 Å². The second-order valence-electron chi connectivity index (χ2n) is 16.6. The van der Waals surface area contributed by atoms with Crippen LogP contribution in [0, 0.1) is 0 Å². The van der Waals surface area contributed by atoms with Crippen LogP contribution in [0.15, 0.2) is 203 Å². The fraction of sp³-hybridized carbons (Fsp3) is 0.103. The summed E-state index contributed by atoms with van der Waals surface area (Å²) in [7, 11) is 0. The van der Waals surface area contributed by atoms with E-state index < -0.39 is 0 Å². The fourth-order valence-electron chi connectivity index (χ4n) is 10.3. The number of furan rings is 2. The topological polar surface area (TPSA) is 29.5 Å². The molecule has 0 radical (unpaired) electrons. The highest BCUT2D eigenvalue weighted by Crippen LogP contribution is 2.49. The number of anilines is 3. The molecule has 11 aromatic rings. The number of para-hydroxylation sites is 5. The van der Waals surface area contributed by atoms with Gasteiger partial charge >= 0.3 is 0 Å². The maximum Gasteiger partial charge on any atom is 0.143 e. The lowest BCUT2D eigenvalue weighted by Crippen LogP contribution is -2.12.